The summed E-state index contributed by atoms with van der Waals surface area (Å²) in [7, 11) is 3.07. The molecular formula is C45H48Cl2F4N6O6. The van der Waals surface area contributed by atoms with Gasteiger partial charge in [-0.05, 0) is 112 Å². The van der Waals surface area contributed by atoms with Gasteiger partial charge in [0.05, 0.1) is 36.1 Å². The lowest BCUT2D eigenvalue weighted by Gasteiger charge is -2.38. The maximum atomic E-state index is 17.2. The lowest BCUT2D eigenvalue weighted by atomic mass is 9.88. The van der Waals surface area contributed by atoms with E-state index in [1.54, 1.807) is 61.8 Å². The molecular weight excluding hydrogens is 867 g/mol. The van der Waals surface area contributed by atoms with Gasteiger partial charge < -0.3 is 34.1 Å². The molecule has 336 valence electrons. The number of nitrogens with zero attached hydrogens (tertiary/aromatic N) is 4. The van der Waals surface area contributed by atoms with Crippen LogP contribution in [0.4, 0.5) is 28.2 Å². The molecule has 3 saturated heterocycles. The number of carbonyl (C=O) groups excluding carboxylic acids is 1. The molecule has 3 fully saturated rings. The van der Waals surface area contributed by atoms with Crippen LogP contribution in [0.3, 0.4) is 0 Å². The van der Waals surface area contributed by atoms with Gasteiger partial charge in [0, 0.05) is 38.3 Å². The Kier molecular flexibility index (Phi) is 13.1. The SMILES string of the molecule is COc1ccc(CN(Cc2ccc(OC)cc2)c2cc(C)c(C(F)(F)F)c(-c3c(Cl)c(O[C@@H](C)[C@H]4NC[C@H]5CC[C@@H]4CN5C(=O)OC(C)(C)C)c4c(=O)[nH]c(Cl)nc4c3F)n2)cc1. The molecule has 0 unspecified atom stereocenters. The number of aryl methyl sites for hydroxylation is 1. The van der Waals surface area contributed by atoms with Crippen LogP contribution in [0, 0.1) is 18.7 Å². The quantitative estimate of drug-likeness (QED) is 0.0976. The Morgan fingerprint density at radius 1 is 0.968 bits per heavy atom. The van der Waals surface area contributed by atoms with E-state index in [2.05, 4.69) is 20.3 Å². The van der Waals surface area contributed by atoms with Gasteiger partial charge in [-0.2, -0.15) is 13.2 Å². The molecule has 3 aromatic carbocycles. The molecule has 2 bridgehead atoms. The van der Waals surface area contributed by atoms with Crippen molar-refractivity contribution in [1.82, 2.24) is 25.2 Å². The predicted molar refractivity (Wildman–Crippen MR) is 233 cm³/mol. The van der Waals surface area contributed by atoms with Gasteiger partial charge in [-0.1, -0.05) is 35.9 Å². The summed E-state index contributed by atoms with van der Waals surface area (Å²) in [6.45, 7) is 9.40. The lowest BCUT2D eigenvalue weighted by molar-refractivity contribution is -0.137. The lowest BCUT2D eigenvalue weighted by Crippen LogP contribution is -2.50. The highest BCUT2D eigenvalue weighted by Crippen LogP contribution is 2.48. The summed E-state index contributed by atoms with van der Waals surface area (Å²) < 4.78 is 86.0. The number of carbonyl (C=O) groups is 1. The Labute approximate surface area is 371 Å². The predicted octanol–water partition coefficient (Wildman–Crippen LogP) is 9.74. The van der Waals surface area contributed by atoms with Crippen molar-refractivity contribution >= 4 is 46.0 Å². The van der Waals surface area contributed by atoms with E-state index in [4.69, 9.17) is 42.1 Å². The number of anilines is 1. The van der Waals surface area contributed by atoms with E-state index in [1.807, 2.05) is 24.3 Å². The molecule has 63 heavy (non-hydrogen) atoms. The summed E-state index contributed by atoms with van der Waals surface area (Å²) in [6, 6.07) is 15.0. The molecule has 4 atom stereocenters. The molecule has 5 heterocycles. The number of fused-ring (bicyclic) bond motifs is 5. The molecule has 2 N–H and O–H groups in total. The molecule has 18 heteroatoms. The number of H-pyrrole nitrogens is 1. The standard InChI is InChI=1S/C45H48Cl2F4N6O6/c1-23-18-31(56(20-25-8-14-29(60-6)15-9-25)21-26-10-16-30(61-7)17-11-26)53-38(34(23)45(49,50)51)32-35(46)40(33-39(36(32)48)54-42(47)55-41(33)58)62-24(2)37-27-12-13-28(19-52-37)57(22-27)43(59)63-44(3,4)5/h8-11,14-18,24,27-28,37,52H,12-13,19-22H2,1-7H3,(H,54,55,58)/t24-,27+,28+,37+/m0/s1. The Balaban J connectivity index is 1.36. The molecule has 3 aliphatic heterocycles. The van der Waals surface area contributed by atoms with Crippen molar-refractivity contribution in [2.24, 2.45) is 5.92 Å². The number of piperidine rings is 1. The van der Waals surface area contributed by atoms with Crippen LogP contribution < -0.4 is 30.0 Å². The summed E-state index contributed by atoms with van der Waals surface area (Å²) in [6.07, 6.45) is -4.93. The number of hydrogen-bond acceptors (Lipinski definition) is 10. The number of hydrogen-bond donors (Lipinski definition) is 2. The van der Waals surface area contributed by atoms with Crippen LogP contribution in [-0.4, -0.2) is 77.0 Å². The average Bonchev–Trinajstić information content (AvgIpc) is 3.54. The zero-order valence-corrected chi connectivity index (χ0v) is 37.3. The molecule has 3 aliphatic rings. The van der Waals surface area contributed by atoms with Gasteiger partial charge >= 0.3 is 12.3 Å². The number of nitrogens with one attached hydrogen (secondary N) is 2. The Bertz CT molecular complexity index is 2500. The Morgan fingerprint density at radius 3 is 2.13 bits per heavy atom. The van der Waals surface area contributed by atoms with E-state index in [1.165, 1.54) is 27.2 Å². The molecule has 12 nitrogen and oxygen atoms in total. The number of amides is 1. The number of benzene rings is 3. The number of methoxy groups -OCH3 is 2. The number of aromatic nitrogens is 3. The second kappa shape index (κ2) is 18.0. The van der Waals surface area contributed by atoms with E-state index < -0.39 is 85.2 Å². The molecule has 0 radical (unpaired) electrons. The van der Waals surface area contributed by atoms with Crippen molar-refractivity contribution in [3.63, 3.8) is 0 Å². The Hall–Kier alpha value is -5.32. The van der Waals surface area contributed by atoms with Crippen LogP contribution in [0.2, 0.25) is 10.3 Å². The fourth-order valence-corrected chi connectivity index (χ4v) is 8.88. The molecule has 0 spiro atoms. The van der Waals surface area contributed by atoms with Gasteiger partial charge in [-0.3, -0.25) is 9.78 Å². The first-order chi connectivity index (χ1) is 29.8. The van der Waals surface area contributed by atoms with E-state index in [9.17, 15) is 9.59 Å². The molecule has 2 aromatic heterocycles. The zero-order chi connectivity index (χ0) is 45.5. The van der Waals surface area contributed by atoms with E-state index in [0.29, 0.717) is 37.4 Å². The third-order valence-corrected chi connectivity index (χ3v) is 11.9. The number of halogens is 6. The van der Waals surface area contributed by atoms with Crippen LogP contribution in [0.25, 0.3) is 22.2 Å². The molecule has 0 aliphatic carbocycles. The molecule has 1 amide bonds. The maximum absolute atomic E-state index is 17.2. The van der Waals surface area contributed by atoms with Crippen molar-refractivity contribution in [2.45, 2.75) is 90.5 Å². The number of alkyl halides is 3. The van der Waals surface area contributed by atoms with Gasteiger partial charge in [0.15, 0.2) is 11.6 Å². The van der Waals surface area contributed by atoms with Crippen molar-refractivity contribution < 1.29 is 41.3 Å². The first-order valence-electron chi connectivity index (χ1n) is 20.4. The second-order valence-corrected chi connectivity index (χ2v) is 17.6. The third-order valence-electron chi connectivity index (χ3n) is 11.4. The normalized spacial score (nSPS) is 18.2. The fraction of sp³-hybridized carbons (Fsp3) is 0.422. The number of aromatic amines is 1. The minimum absolute atomic E-state index is 0.0680. The minimum Gasteiger partial charge on any atom is -0.497 e. The van der Waals surface area contributed by atoms with Crippen molar-refractivity contribution in [3.8, 4) is 28.5 Å². The van der Waals surface area contributed by atoms with Crippen LogP contribution in [-0.2, 0) is 24.0 Å². The third kappa shape index (κ3) is 9.77. The van der Waals surface area contributed by atoms with Crippen molar-refractivity contribution in [2.75, 3.05) is 32.2 Å². The van der Waals surface area contributed by atoms with Crippen LogP contribution in [0.5, 0.6) is 17.2 Å². The van der Waals surface area contributed by atoms with Crippen LogP contribution >= 0.6 is 23.2 Å². The fourth-order valence-electron chi connectivity index (χ4n) is 8.40. The van der Waals surface area contributed by atoms with Crippen molar-refractivity contribution in [3.05, 3.63) is 103 Å². The van der Waals surface area contributed by atoms with Gasteiger partial charge in [-0.15, -0.1) is 0 Å². The van der Waals surface area contributed by atoms with Gasteiger partial charge in [0.25, 0.3) is 5.56 Å². The number of ether oxygens (including phenoxy) is 4. The summed E-state index contributed by atoms with van der Waals surface area (Å²) in [5.41, 5.74) is -3.89. The number of rotatable bonds is 11. The largest absolute Gasteiger partial charge is 0.497 e. The summed E-state index contributed by atoms with van der Waals surface area (Å²) in [5, 5.41) is 1.89. The smallest absolute Gasteiger partial charge is 0.418 e. The summed E-state index contributed by atoms with van der Waals surface area (Å²) in [4.78, 5) is 41.3. The van der Waals surface area contributed by atoms with E-state index >= 15 is 17.6 Å². The van der Waals surface area contributed by atoms with Crippen LogP contribution in [0.15, 0.2) is 59.4 Å². The average molecular weight is 916 g/mol. The highest BCUT2D eigenvalue weighted by Gasteiger charge is 2.44. The molecule has 0 saturated carbocycles. The minimum atomic E-state index is -5.05. The monoisotopic (exact) mass is 914 g/mol. The summed E-state index contributed by atoms with van der Waals surface area (Å²) in [5.74, 6) is -0.638. The van der Waals surface area contributed by atoms with E-state index in [-0.39, 0.29) is 36.4 Å². The molecule has 8 rings (SSSR count). The first kappa shape index (κ1) is 45.7. The van der Waals surface area contributed by atoms with E-state index in [0.717, 1.165) is 11.1 Å². The first-order valence-corrected chi connectivity index (χ1v) is 21.1. The van der Waals surface area contributed by atoms with Gasteiger partial charge in [-0.25, -0.2) is 19.2 Å². The topological polar surface area (TPSA) is 131 Å². The second-order valence-electron chi connectivity index (χ2n) is 16.9. The zero-order valence-electron chi connectivity index (χ0n) is 35.8. The van der Waals surface area contributed by atoms with Crippen LogP contribution in [0.1, 0.15) is 62.8 Å². The maximum Gasteiger partial charge on any atom is 0.418 e. The Morgan fingerprint density at radius 2 is 1.57 bits per heavy atom. The summed E-state index contributed by atoms with van der Waals surface area (Å²) >= 11 is 13.2. The highest BCUT2D eigenvalue weighted by atomic mass is 35.5. The molecule has 5 aromatic rings. The number of pyridine rings is 1. The van der Waals surface area contributed by atoms with Gasteiger partial charge in [0.1, 0.15) is 39.9 Å². The van der Waals surface area contributed by atoms with Gasteiger partial charge in [0.2, 0.25) is 5.28 Å². The highest BCUT2D eigenvalue weighted by molar-refractivity contribution is 6.36. The van der Waals surface area contributed by atoms with Crippen molar-refractivity contribution in [1.29, 1.82) is 0 Å².